The third-order valence-electron chi connectivity index (χ3n) is 4.95. The molecular formula is C24H14N4O4S2. The first kappa shape index (κ1) is 21.6. The zero-order valence-electron chi connectivity index (χ0n) is 17.3. The summed E-state index contributed by atoms with van der Waals surface area (Å²) < 4.78 is 1.54. The Labute approximate surface area is 200 Å². The average molecular weight is 487 g/mol. The van der Waals surface area contributed by atoms with Crippen molar-refractivity contribution in [2.24, 2.45) is 0 Å². The van der Waals surface area contributed by atoms with Gasteiger partial charge in [0, 0.05) is 24.3 Å². The molecule has 0 unspecified atom stereocenters. The van der Waals surface area contributed by atoms with Crippen molar-refractivity contribution < 1.29 is 9.85 Å². The van der Waals surface area contributed by atoms with Crippen LogP contribution in [-0.4, -0.2) is 19.8 Å². The molecule has 0 saturated carbocycles. The van der Waals surface area contributed by atoms with E-state index in [2.05, 4.69) is 9.97 Å². The number of rotatable bonds is 6. The van der Waals surface area contributed by atoms with Gasteiger partial charge in [-0.25, -0.2) is 9.97 Å². The number of nitro benzene ring substituents is 2. The van der Waals surface area contributed by atoms with Crippen molar-refractivity contribution in [2.75, 3.05) is 0 Å². The maximum atomic E-state index is 11.0. The molecule has 10 heteroatoms. The fraction of sp³-hybridized carbons (Fsp3) is 0. The fourth-order valence-electron chi connectivity index (χ4n) is 3.33. The van der Waals surface area contributed by atoms with Gasteiger partial charge in [0.1, 0.15) is 10.0 Å². The normalized spacial score (nSPS) is 11.8. The molecule has 0 amide bonds. The van der Waals surface area contributed by atoms with E-state index >= 15 is 0 Å². The molecule has 0 saturated heterocycles. The van der Waals surface area contributed by atoms with Gasteiger partial charge in [0.25, 0.3) is 11.4 Å². The Morgan fingerprint density at radius 2 is 1.12 bits per heavy atom. The molecule has 3 aromatic carbocycles. The minimum Gasteiger partial charge on any atom is -0.258 e. The number of hydrogen-bond donors (Lipinski definition) is 0. The zero-order chi connectivity index (χ0) is 23.7. The van der Waals surface area contributed by atoms with Gasteiger partial charge in [-0.15, -0.1) is 22.7 Å². The second-order valence-corrected chi connectivity index (χ2v) is 9.38. The lowest BCUT2D eigenvalue weighted by Gasteiger charge is -1.96. The molecule has 5 aromatic rings. The van der Waals surface area contributed by atoms with Crippen LogP contribution < -0.4 is 0 Å². The van der Waals surface area contributed by atoms with E-state index in [-0.39, 0.29) is 11.4 Å². The molecule has 0 aliphatic carbocycles. The monoisotopic (exact) mass is 486 g/mol. The van der Waals surface area contributed by atoms with Crippen LogP contribution in [-0.2, 0) is 0 Å². The number of thiazole rings is 2. The summed E-state index contributed by atoms with van der Waals surface area (Å²) in [7, 11) is 0. The summed E-state index contributed by atoms with van der Waals surface area (Å²) in [6.07, 6.45) is 7.67. The lowest BCUT2D eigenvalue weighted by Crippen LogP contribution is -1.85. The van der Waals surface area contributed by atoms with Crippen molar-refractivity contribution in [3.8, 4) is 0 Å². The predicted molar refractivity (Wildman–Crippen MR) is 137 cm³/mol. The fourth-order valence-corrected chi connectivity index (χ4v) is 5.14. The van der Waals surface area contributed by atoms with Crippen LogP contribution >= 0.6 is 22.7 Å². The van der Waals surface area contributed by atoms with Gasteiger partial charge in [0.05, 0.1) is 30.3 Å². The second-order valence-electron chi connectivity index (χ2n) is 7.26. The van der Waals surface area contributed by atoms with Gasteiger partial charge in [-0.1, -0.05) is 30.4 Å². The van der Waals surface area contributed by atoms with Crippen LogP contribution in [0.25, 0.3) is 44.7 Å². The Morgan fingerprint density at radius 3 is 1.56 bits per heavy atom. The van der Waals surface area contributed by atoms with Gasteiger partial charge >= 0.3 is 0 Å². The molecule has 0 N–H and O–H groups in total. The largest absolute Gasteiger partial charge is 0.270 e. The van der Waals surface area contributed by atoms with Gasteiger partial charge in [-0.3, -0.25) is 20.2 Å². The molecule has 0 aliphatic heterocycles. The summed E-state index contributed by atoms with van der Waals surface area (Å²) >= 11 is 2.80. The van der Waals surface area contributed by atoms with Crippen LogP contribution in [0.2, 0.25) is 0 Å². The van der Waals surface area contributed by atoms with Crippen molar-refractivity contribution in [2.45, 2.75) is 0 Å². The Balaban J connectivity index is 1.34. The lowest BCUT2D eigenvalue weighted by molar-refractivity contribution is -0.384. The third-order valence-corrected chi connectivity index (χ3v) is 6.91. The molecule has 8 nitrogen and oxygen atoms in total. The smallest absolute Gasteiger partial charge is 0.258 e. The highest BCUT2D eigenvalue weighted by atomic mass is 32.1. The molecule has 0 bridgehead atoms. The molecule has 2 aromatic heterocycles. The SMILES string of the molecule is O=[N+]([O-])c1ccc2nc(/C=C/c3cccc(/C=C/c4nc5ccc([N+](=O)[O-])cc5s4)c3)sc2c1. The molecule has 34 heavy (non-hydrogen) atoms. The van der Waals surface area contributed by atoms with Crippen molar-refractivity contribution >= 4 is 78.8 Å². The van der Waals surface area contributed by atoms with E-state index < -0.39 is 9.85 Å². The minimum absolute atomic E-state index is 0.0533. The first-order valence-electron chi connectivity index (χ1n) is 10.0. The van der Waals surface area contributed by atoms with Gasteiger partial charge in [0.2, 0.25) is 0 Å². The van der Waals surface area contributed by atoms with Crippen LogP contribution in [0, 0.1) is 20.2 Å². The van der Waals surface area contributed by atoms with Gasteiger partial charge < -0.3 is 0 Å². The number of aromatic nitrogens is 2. The van der Waals surface area contributed by atoms with E-state index in [4.69, 9.17) is 0 Å². The van der Waals surface area contributed by atoms with E-state index in [1.165, 1.54) is 46.9 Å². The summed E-state index contributed by atoms with van der Waals surface area (Å²) in [6.45, 7) is 0. The summed E-state index contributed by atoms with van der Waals surface area (Å²) in [5, 5.41) is 23.5. The predicted octanol–water partition coefficient (Wildman–Crippen LogP) is 7.06. The van der Waals surface area contributed by atoms with E-state index in [1.54, 1.807) is 12.1 Å². The zero-order valence-corrected chi connectivity index (χ0v) is 19.0. The Hall–Kier alpha value is -4.28. The van der Waals surface area contributed by atoms with Gasteiger partial charge in [0.15, 0.2) is 0 Å². The Kier molecular flexibility index (Phi) is 5.66. The topological polar surface area (TPSA) is 112 Å². The standard InChI is InChI=1S/C24H14N4O4S2/c29-27(30)17-6-8-19-21(13-17)33-23(25-19)10-4-15-2-1-3-16(12-15)5-11-24-26-20-9-7-18(28(31)32)14-22(20)34-24/h1-14H/b10-4+,11-5+. The lowest BCUT2D eigenvalue weighted by atomic mass is 10.1. The molecule has 5 rings (SSSR count). The molecule has 0 spiro atoms. The van der Waals surface area contributed by atoms with Crippen LogP contribution in [0.1, 0.15) is 21.1 Å². The molecule has 0 atom stereocenters. The van der Waals surface area contributed by atoms with Crippen molar-refractivity contribution in [3.63, 3.8) is 0 Å². The molecule has 2 heterocycles. The molecule has 0 fully saturated rings. The highest BCUT2D eigenvalue weighted by Gasteiger charge is 2.10. The molecular weight excluding hydrogens is 472 g/mol. The summed E-state index contributed by atoms with van der Waals surface area (Å²) in [5.74, 6) is 0. The maximum absolute atomic E-state index is 11.0. The number of hydrogen-bond acceptors (Lipinski definition) is 8. The first-order valence-corrected chi connectivity index (χ1v) is 11.6. The van der Waals surface area contributed by atoms with Crippen molar-refractivity contribution in [1.82, 2.24) is 9.97 Å². The van der Waals surface area contributed by atoms with E-state index in [0.29, 0.717) is 0 Å². The van der Waals surface area contributed by atoms with Gasteiger partial charge in [-0.05, 0) is 41.5 Å². The molecule has 0 aliphatic rings. The molecule has 166 valence electrons. The number of non-ortho nitro benzene ring substituents is 2. The first-order chi connectivity index (χ1) is 16.4. The molecule has 0 radical (unpaired) electrons. The number of nitro groups is 2. The van der Waals surface area contributed by atoms with Crippen molar-refractivity contribution in [1.29, 1.82) is 0 Å². The van der Waals surface area contributed by atoms with Crippen LogP contribution in [0.3, 0.4) is 0 Å². The van der Waals surface area contributed by atoms with Gasteiger partial charge in [-0.2, -0.15) is 0 Å². The van der Waals surface area contributed by atoms with Crippen LogP contribution in [0.4, 0.5) is 11.4 Å². The third kappa shape index (κ3) is 4.58. The van der Waals surface area contributed by atoms with E-state index in [0.717, 1.165) is 41.6 Å². The number of fused-ring (bicyclic) bond motifs is 2. The van der Waals surface area contributed by atoms with E-state index in [1.807, 2.05) is 48.6 Å². The number of nitrogens with zero attached hydrogens (tertiary/aromatic N) is 4. The minimum atomic E-state index is -0.411. The van der Waals surface area contributed by atoms with Crippen LogP contribution in [0.5, 0.6) is 0 Å². The quantitative estimate of drug-likeness (QED) is 0.187. The highest BCUT2D eigenvalue weighted by Crippen LogP contribution is 2.29. The highest BCUT2D eigenvalue weighted by molar-refractivity contribution is 7.19. The summed E-state index contributed by atoms with van der Waals surface area (Å²) in [5.41, 5.74) is 3.52. The number of benzene rings is 3. The van der Waals surface area contributed by atoms with Crippen molar-refractivity contribution in [3.05, 3.63) is 102 Å². The Bertz CT molecular complexity index is 1520. The Morgan fingerprint density at radius 1 is 0.647 bits per heavy atom. The van der Waals surface area contributed by atoms with Crippen LogP contribution in [0.15, 0.2) is 60.7 Å². The maximum Gasteiger partial charge on any atom is 0.270 e. The summed E-state index contributed by atoms with van der Waals surface area (Å²) in [4.78, 5) is 30.1. The summed E-state index contributed by atoms with van der Waals surface area (Å²) in [6, 6.07) is 17.2. The average Bonchev–Trinajstić information content (AvgIpc) is 3.43. The second kappa shape index (κ2) is 8.93. The van der Waals surface area contributed by atoms with E-state index in [9.17, 15) is 20.2 Å².